The van der Waals surface area contributed by atoms with Crippen LogP contribution in [0.15, 0.2) is 76.3 Å². The molecule has 0 aliphatic heterocycles. The van der Waals surface area contributed by atoms with Gasteiger partial charge in [0.25, 0.3) is 5.56 Å². The van der Waals surface area contributed by atoms with Gasteiger partial charge in [-0.15, -0.1) is 0 Å². The molecule has 172 valence electrons. The molecule has 0 fully saturated rings. The lowest BCUT2D eigenvalue weighted by atomic mass is 10.1. The first-order valence-electron chi connectivity index (χ1n) is 11.3. The van der Waals surface area contributed by atoms with Crippen molar-refractivity contribution in [1.29, 1.82) is 0 Å². The number of para-hydroxylation sites is 1. The van der Waals surface area contributed by atoms with Crippen LogP contribution in [0, 0.1) is 6.92 Å². The van der Waals surface area contributed by atoms with Gasteiger partial charge in [0.2, 0.25) is 11.7 Å². The lowest BCUT2D eigenvalue weighted by molar-refractivity contribution is 0.310. The van der Waals surface area contributed by atoms with E-state index in [1.54, 1.807) is 23.0 Å². The van der Waals surface area contributed by atoms with Crippen LogP contribution in [0.5, 0.6) is 5.75 Å². The van der Waals surface area contributed by atoms with Crippen LogP contribution in [-0.4, -0.2) is 30.9 Å². The Morgan fingerprint density at radius 3 is 2.71 bits per heavy atom. The monoisotopic (exact) mass is 455 g/mol. The Morgan fingerprint density at radius 1 is 1.06 bits per heavy atom. The predicted octanol–water partition coefficient (Wildman–Crippen LogP) is 4.75. The second-order valence-electron chi connectivity index (χ2n) is 8.17. The van der Waals surface area contributed by atoms with Crippen molar-refractivity contribution in [2.45, 2.75) is 33.2 Å². The smallest absolute Gasteiger partial charge is 0.277 e. The Labute approximate surface area is 196 Å². The summed E-state index contributed by atoms with van der Waals surface area (Å²) in [4.78, 5) is 17.6. The molecule has 5 rings (SSSR count). The average Bonchev–Trinajstić information content (AvgIpc) is 3.50. The zero-order chi connectivity index (χ0) is 23.5. The molecule has 0 aliphatic carbocycles. The highest BCUT2D eigenvalue weighted by atomic mass is 16.5. The van der Waals surface area contributed by atoms with E-state index < -0.39 is 0 Å². The van der Waals surface area contributed by atoms with Gasteiger partial charge >= 0.3 is 0 Å². The third-order valence-electron chi connectivity index (χ3n) is 5.61. The molecule has 0 aliphatic rings. The highest BCUT2D eigenvalue weighted by Gasteiger charge is 2.15. The standard InChI is InChI=1S/C26H25N5O3/c1-3-4-15-33-23-8-6-5-7-20(23)21-16-22-26(32)30(13-14-31(22)28-21)17-24-27-25(29-34-24)19-11-9-18(2)10-12-19/h5-14,16H,3-4,15,17H2,1-2H3. The zero-order valence-electron chi connectivity index (χ0n) is 19.1. The molecule has 0 bridgehead atoms. The number of aromatic nitrogens is 5. The van der Waals surface area contributed by atoms with Crippen molar-refractivity contribution in [3.8, 4) is 28.4 Å². The molecule has 0 spiro atoms. The van der Waals surface area contributed by atoms with E-state index in [9.17, 15) is 4.79 Å². The summed E-state index contributed by atoms with van der Waals surface area (Å²) in [6.07, 6.45) is 5.46. The second kappa shape index (κ2) is 9.35. The van der Waals surface area contributed by atoms with Crippen LogP contribution >= 0.6 is 0 Å². The molecule has 0 atom stereocenters. The Kier molecular flexibility index (Phi) is 5.95. The first-order valence-corrected chi connectivity index (χ1v) is 11.3. The minimum absolute atomic E-state index is 0.172. The number of hydrogen-bond donors (Lipinski definition) is 0. The van der Waals surface area contributed by atoms with Gasteiger partial charge in [0, 0.05) is 23.5 Å². The summed E-state index contributed by atoms with van der Waals surface area (Å²) >= 11 is 0. The SMILES string of the molecule is CCCCOc1ccccc1-c1cc2c(=O)n(Cc3nc(-c4ccc(C)cc4)no3)ccn2n1. The van der Waals surface area contributed by atoms with Crippen LogP contribution in [0.2, 0.25) is 0 Å². The molecule has 0 amide bonds. The molecule has 5 aromatic rings. The van der Waals surface area contributed by atoms with E-state index in [1.165, 1.54) is 4.57 Å². The van der Waals surface area contributed by atoms with Crippen LogP contribution < -0.4 is 10.3 Å². The molecule has 2 aromatic carbocycles. The molecule has 0 N–H and O–H groups in total. The largest absolute Gasteiger partial charge is 0.493 e. The van der Waals surface area contributed by atoms with E-state index in [4.69, 9.17) is 9.26 Å². The maximum atomic E-state index is 13.2. The van der Waals surface area contributed by atoms with Gasteiger partial charge in [-0.2, -0.15) is 10.1 Å². The fourth-order valence-corrected chi connectivity index (χ4v) is 3.70. The van der Waals surface area contributed by atoms with Gasteiger partial charge in [0.15, 0.2) is 0 Å². The number of unbranched alkanes of at least 4 members (excludes halogenated alkanes) is 1. The Bertz CT molecular complexity index is 1480. The van der Waals surface area contributed by atoms with Crippen molar-refractivity contribution >= 4 is 5.52 Å². The molecule has 3 heterocycles. The average molecular weight is 456 g/mol. The first-order chi connectivity index (χ1) is 16.6. The third kappa shape index (κ3) is 4.34. The Balaban J connectivity index is 1.42. The lowest BCUT2D eigenvalue weighted by Crippen LogP contribution is -2.21. The molecule has 0 unspecified atom stereocenters. The van der Waals surface area contributed by atoms with Crippen LogP contribution in [0.1, 0.15) is 31.2 Å². The van der Waals surface area contributed by atoms with Gasteiger partial charge in [0.1, 0.15) is 17.8 Å². The number of hydrogen-bond acceptors (Lipinski definition) is 6. The molecule has 0 saturated carbocycles. The molecular formula is C26H25N5O3. The van der Waals surface area contributed by atoms with Crippen molar-refractivity contribution in [3.05, 3.63) is 88.8 Å². The van der Waals surface area contributed by atoms with E-state index in [0.29, 0.717) is 29.5 Å². The van der Waals surface area contributed by atoms with Crippen LogP contribution in [-0.2, 0) is 6.54 Å². The molecule has 34 heavy (non-hydrogen) atoms. The third-order valence-corrected chi connectivity index (χ3v) is 5.61. The zero-order valence-corrected chi connectivity index (χ0v) is 19.1. The number of nitrogens with zero attached hydrogens (tertiary/aromatic N) is 5. The van der Waals surface area contributed by atoms with Crippen molar-refractivity contribution in [2.75, 3.05) is 6.61 Å². The number of ether oxygens (including phenoxy) is 1. The van der Waals surface area contributed by atoms with Crippen LogP contribution in [0.3, 0.4) is 0 Å². The van der Waals surface area contributed by atoms with Gasteiger partial charge in [0.05, 0.1) is 12.3 Å². The number of fused-ring (bicyclic) bond motifs is 1. The van der Waals surface area contributed by atoms with Crippen LogP contribution in [0.25, 0.3) is 28.2 Å². The molecule has 3 aromatic heterocycles. The maximum Gasteiger partial charge on any atom is 0.277 e. The van der Waals surface area contributed by atoms with E-state index in [0.717, 1.165) is 35.3 Å². The fraction of sp³-hybridized carbons (Fsp3) is 0.231. The van der Waals surface area contributed by atoms with Crippen LogP contribution in [0.4, 0.5) is 0 Å². The number of aryl methyl sites for hydroxylation is 1. The quantitative estimate of drug-likeness (QED) is 0.314. The summed E-state index contributed by atoms with van der Waals surface area (Å²) in [7, 11) is 0. The minimum atomic E-state index is -0.194. The number of benzene rings is 2. The van der Waals surface area contributed by atoms with E-state index >= 15 is 0 Å². The molecular weight excluding hydrogens is 430 g/mol. The van der Waals surface area contributed by atoms with Crippen molar-refractivity contribution in [2.24, 2.45) is 0 Å². The fourth-order valence-electron chi connectivity index (χ4n) is 3.70. The lowest BCUT2D eigenvalue weighted by Gasteiger charge is -2.09. The van der Waals surface area contributed by atoms with Crippen molar-refractivity contribution in [3.63, 3.8) is 0 Å². The Morgan fingerprint density at radius 2 is 1.88 bits per heavy atom. The maximum absolute atomic E-state index is 13.2. The predicted molar refractivity (Wildman–Crippen MR) is 129 cm³/mol. The summed E-state index contributed by atoms with van der Waals surface area (Å²) < 4.78 is 14.5. The summed E-state index contributed by atoms with van der Waals surface area (Å²) in [5.74, 6) is 1.61. The summed E-state index contributed by atoms with van der Waals surface area (Å²) in [5, 5.41) is 8.66. The number of rotatable bonds is 8. The van der Waals surface area contributed by atoms with Gasteiger partial charge in [-0.3, -0.25) is 4.79 Å². The highest BCUT2D eigenvalue weighted by Crippen LogP contribution is 2.29. The summed E-state index contributed by atoms with van der Waals surface area (Å²) in [5.41, 5.74) is 3.82. The van der Waals surface area contributed by atoms with Crippen molar-refractivity contribution < 1.29 is 9.26 Å². The summed E-state index contributed by atoms with van der Waals surface area (Å²) in [6.45, 7) is 4.96. The minimum Gasteiger partial charge on any atom is -0.493 e. The Hall–Kier alpha value is -4.20. The van der Waals surface area contributed by atoms with E-state index in [-0.39, 0.29) is 12.1 Å². The summed E-state index contributed by atoms with van der Waals surface area (Å²) in [6, 6.07) is 17.4. The van der Waals surface area contributed by atoms with Gasteiger partial charge in [-0.05, 0) is 31.5 Å². The topological polar surface area (TPSA) is 87.5 Å². The van der Waals surface area contributed by atoms with Gasteiger partial charge in [-0.25, -0.2) is 4.52 Å². The highest BCUT2D eigenvalue weighted by molar-refractivity contribution is 5.71. The van der Waals surface area contributed by atoms with Crippen molar-refractivity contribution in [1.82, 2.24) is 24.3 Å². The molecule has 8 heteroatoms. The normalized spacial score (nSPS) is 11.2. The van der Waals surface area contributed by atoms with Gasteiger partial charge in [-0.1, -0.05) is 60.5 Å². The van der Waals surface area contributed by atoms with E-state index in [1.807, 2.05) is 55.5 Å². The van der Waals surface area contributed by atoms with Gasteiger partial charge < -0.3 is 13.8 Å². The first kappa shape index (κ1) is 21.6. The molecule has 0 saturated heterocycles. The molecule has 0 radical (unpaired) electrons. The molecule has 8 nitrogen and oxygen atoms in total. The second-order valence-corrected chi connectivity index (χ2v) is 8.17. The van der Waals surface area contributed by atoms with E-state index in [2.05, 4.69) is 22.2 Å².